The minimum Gasteiger partial charge on any atom is -0.378 e. The van der Waals surface area contributed by atoms with Crippen molar-refractivity contribution < 1.29 is 4.74 Å². The highest BCUT2D eigenvalue weighted by Gasteiger charge is 2.25. The van der Waals surface area contributed by atoms with Gasteiger partial charge >= 0.3 is 0 Å². The van der Waals surface area contributed by atoms with E-state index in [1.54, 1.807) is 0 Å². The zero-order valence-electron chi connectivity index (χ0n) is 10.7. The summed E-state index contributed by atoms with van der Waals surface area (Å²) in [6, 6.07) is 0.423. The summed E-state index contributed by atoms with van der Waals surface area (Å²) in [5.74, 6) is 1.68. The average Bonchev–Trinajstić information content (AvgIpc) is 2.78. The molecule has 0 spiro atoms. The van der Waals surface area contributed by atoms with Gasteiger partial charge in [0.05, 0.1) is 6.10 Å². The molecule has 2 nitrogen and oxygen atoms in total. The highest BCUT2D eigenvalue weighted by molar-refractivity contribution is 4.80. The first kappa shape index (κ1) is 12.4. The lowest BCUT2D eigenvalue weighted by Gasteiger charge is -2.31. The largest absolute Gasteiger partial charge is 0.378 e. The Hall–Kier alpha value is -0.0800. The molecule has 2 rings (SSSR count). The monoisotopic (exact) mass is 225 g/mol. The molecule has 1 heterocycles. The van der Waals surface area contributed by atoms with E-state index in [-0.39, 0.29) is 0 Å². The summed E-state index contributed by atoms with van der Waals surface area (Å²) in [6.07, 6.45) is 10.9. The normalized spacial score (nSPS) is 37.5. The third-order valence-electron chi connectivity index (χ3n) is 4.43. The smallest absolute Gasteiger partial charge is 0.0576 e. The third kappa shape index (κ3) is 3.46. The highest BCUT2D eigenvalue weighted by atomic mass is 16.5. The molecule has 0 amide bonds. The predicted octanol–water partition coefficient (Wildman–Crippen LogP) is 3.10. The second-order valence-electron chi connectivity index (χ2n) is 5.91. The van der Waals surface area contributed by atoms with Gasteiger partial charge in [-0.2, -0.15) is 0 Å². The molecular weight excluding hydrogens is 198 g/mol. The number of ether oxygens (including phenoxy) is 1. The fraction of sp³-hybridized carbons (Fsp3) is 1.00. The Balaban J connectivity index is 1.67. The van der Waals surface area contributed by atoms with Gasteiger partial charge in [0.15, 0.2) is 0 Å². The summed E-state index contributed by atoms with van der Waals surface area (Å²) in [7, 11) is 0. The molecule has 0 aromatic heterocycles. The van der Waals surface area contributed by atoms with Crippen molar-refractivity contribution >= 4 is 0 Å². The molecule has 2 aliphatic rings. The first-order valence-corrected chi connectivity index (χ1v) is 7.13. The summed E-state index contributed by atoms with van der Waals surface area (Å²) >= 11 is 0. The number of nitrogens with two attached hydrogens (primary N) is 1. The Kier molecular flexibility index (Phi) is 4.66. The van der Waals surface area contributed by atoms with Crippen LogP contribution >= 0.6 is 0 Å². The molecule has 0 aromatic carbocycles. The second-order valence-corrected chi connectivity index (χ2v) is 5.91. The molecule has 0 bridgehead atoms. The van der Waals surface area contributed by atoms with Gasteiger partial charge < -0.3 is 10.5 Å². The highest BCUT2D eigenvalue weighted by Crippen LogP contribution is 2.32. The van der Waals surface area contributed by atoms with Crippen LogP contribution in [0.5, 0.6) is 0 Å². The molecule has 1 aliphatic carbocycles. The Morgan fingerprint density at radius 2 is 2.12 bits per heavy atom. The maximum absolute atomic E-state index is 6.33. The van der Waals surface area contributed by atoms with Crippen molar-refractivity contribution in [3.8, 4) is 0 Å². The van der Waals surface area contributed by atoms with Gasteiger partial charge in [0.25, 0.3) is 0 Å². The van der Waals surface area contributed by atoms with Crippen molar-refractivity contribution in [3.63, 3.8) is 0 Å². The molecule has 2 N–H and O–H groups in total. The fourth-order valence-corrected chi connectivity index (χ4v) is 3.36. The van der Waals surface area contributed by atoms with E-state index in [1.807, 2.05) is 0 Å². The maximum Gasteiger partial charge on any atom is 0.0576 e. The molecule has 0 aromatic rings. The molecular formula is C14H27NO. The van der Waals surface area contributed by atoms with Gasteiger partial charge in [0.1, 0.15) is 0 Å². The Morgan fingerprint density at radius 3 is 2.81 bits per heavy atom. The van der Waals surface area contributed by atoms with Crippen LogP contribution in [0.2, 0.25) is 0 Å². The predicted molar refractivity (Wildman–Crippen MR) is 67.3 cm³/mol. The van der Waals surface area contributed by atoms with Crippen LogP contribution in [-0.4, -0.2) is 18.8 Å². The maximum atomic E-state index is 6.33. The standard InChI is InChI=1S/C14H27NO/c1-11-4-2-5-12(10-11)14(15)8-7-13-6-3-9-16-13/h11-14H,2-10,15H2,1H3. The minimum atomic E-state index is 0.423. The molecule has 1 saturated heterocycles. The number of rotatable bonds is 4. The summed E-state index contributed by atoms with van der Waals surface area (Å²) in [5.41, 5.74) is 6.33. The van der Waals surface area contributed by atoms with Gasteiger partial charge in [-0.15, -0.1) is 0 Å². The summed E-state index contributed by atoms with van der Waals surface area (Å²) in [5, 5.41) is 0. The molecule has 2 fully saturated rings. The van der Waals surface area contributed by atoms with Crippen LogP contribution in [0.15, 0.2) is 0 Å². The molecule has 1 saturated carbocycles. The van der Waals surface area contributed by atoms with Crippen molar-refractivity contribution in [2.75, 3.05) is 6.61 Å². The van der Waals surface area contributed by atoms with Crippen LogP contribution in [0.25, 0.3) is 0 Å². The van der Waals surface area contributed by atoms with Gasteiger partial charge in [-0.05, 0) is 50.4 Å². The summed E-state index contributed by atoms with van der Waals surface area (Å²) in [4.78, 5) is 0. The van der Waals surface area contributed by atoms with E-state index in [9.17, 15) is 0 Å². The van der Waals surface area contributed by atoms with E-state index < -0.39 is 0 Å². The topological polar surface area (TPSA) is 35.2 Å². The summed E-state index contributed by atoms with van der Waals surface area (Å²) in [6.45, 7) is 3.35. The lowest BCUT2D eigenvalue weighted by atomic mass is 9.77. The first-order valence-electron chi connectivity index (χ1n) is 7.13. The minimum absolute atomic E-state index is 0.423. The van der Waals surface area contributed by atoms with E-state index in [0.29, 0.717) is 12.1 Å². The SMILES string of the molecule is CC1CCCC(C(N)CCC2CCCO2)C1. The number of hydrogen-bond donors (Lipinski definition) is 1. The van der Waals surface area contributed by atoms with Gasteiger partial charge in [-0.1, -0.05) is 19.8 Å². The average molecular weight is 225 g/mol. The van der Waals surface area contributed by atoms with Crippen LogP contribution in [0.4, 0.5) is 0 Å². The Labute approximate surface area is 99.9 Å². The number of hydrogen-bond acceptors (Lipinski definition) is 2. The zero-order valence-corrected chi connectivity index (χ0v) is 10.7. The lowest BCUT2D eigenvalue weighted by molar-refractivity contribution is 0.0969. The van der Waals surface area contributed by atoms with Crippen LogP contribution < -0.4 is 5.73 Å². The van der Waals surface area contributed by atoms with Gasteiger partial charge in [0.2, 0.25) is 0 Å². The first-order chi connectivity index (χ1) is 7.75. The molecule has 0 radical (unpaired) electrons. The Morgan fingerprint density at radius 1 is 1.25 bits per heavy atom. The zero-order chi connectivity index (χ0) is 11.4. The molecule has 16 heavy (non-hydrogen) atoms. The quantitative estimate of drug-likeness (QED) is 0.798. The van der Waals surface area contributed by atoms with E-state index >= 15 is 0 Å². The van der Waals surface area contributed by atoms with E-state index in [4.69, 9.17) is 10.5 Å². The molecule has 1 aliphatic heterocycles. The van der Waals surface area contributed by atoms with E-state index in [2.05, 4.69) is 6.92 Å². The van der Waals surface area contributed by atoms with Gasteiger partial charge in [-0.25, -0.2) is 0 Å². The van der Waals surface area contributed by atoms with Crippen LogP contribution in [0.1, 0.15) is 58.3 Å². The van der Waals surface area contributed by atoms with Crippen molar-refractivity contribution in [3.05, 3.63) is 0 Å². The van der Waals surface area contributed by atoms with Crippen molar-refractivity contribution in [2.45, 2.75) is 70.4 Å². The van der Waals surface area contributed by atoms with Crippen LogP contribution in [0.3, 0.4) is 0 Å². The lowest BCUT2D eigenvalue weighted by Crippen LogP contribution is -2.34. The molecule has 94 valence electrons. The van der Waals surface area contributed by atoms with E-state index in [0.717, 1.165) is 18.4 Å². The van der Waals surface area contributed by atoms with E-state index in [1.165, 1.54) is 51.4 Å². The van der Waals surface area contributed by atoms with Gasteiger partial charge in [0, 0.05) is 12.6 Å². The second kappa shape index (κ2) is 6.02. The molecule has 4 unspecified atom stereocenters. The van der Waals surface area contributed by atoms with Crippen LogP contribution in [0, 0.1) is 11.8 Å². The van der Waals surface area contributed by atoms with Crippen molar-refractivity contribution in [1.82, 2.24) is 0 Å². The molecule has 2 heteroatoms. The molecule has 4 atom stereocenters. The fourth-order valence-electron chi connectivity index (χ4n) is 3.36. The Bertz CT molecular complexity index is 201. The third-order valence-corrected chi connectivity index (χ3v) is 4.43. The van der Waals surface area contributed by atoms with Gasteiger partial charge in [-0.3, -0.25) is 0 Å². The van der Waals surface area contributed by atoms with Crippen molar-refractivity contribution in [1.29, 1.82) is 0 Å². The van der Waals surface area contributed by atoms with Crippen molar-refractivity contribution in [2.24, 2.45) is 17.6 Å². The van der Waals surface area contributed by atoms with Crippen LogP contribution in [-0.2, 0) is 4.74 Å². The summed E-state index contributed by atoms with van der Waals surface area (Å²) < 4.78 is 5.66.